The third-order valence-corrected chi connectivity index (χ3v) is 0. The molecule has 0 saturated carbocycles. The van der Waals surface area contributed by atoms with E-state index in [0.29, 0.717) is 0 Å². The molecule has 0 fully saturated rings. The molecule has 7 heavy (non-hydrogen) atoms. The van der Waals surface area contributed by atoms with Crippen LogP contribution >= 0.6 is 0 Å². The molecule has 0 aliphatic rings. The Hall–Kier alpha value is 3.99. The van der Waals surface area contributed by atoms with Crippen LogP contribution in [0.3, 0.4) is 0 Å². The van der Waals surface area contributed by atoms with Crippen molar-refractivity contribution >= 4 is 8.41 Å². The molecular formula is BCoCrHfPdPtRe. The van der Waals surface area contributed by atoms with Gasteiger partial charge in [-0.3, -0.25) is 0 Å². The third kappa shape index (κ3) is 40.1. The summed E-state index contributed by atoms with van der Waals surface area (Å²) >= 11 is 0. The molecule has 49 valence electrons. The van der Waals surface area contributed by atoms with E-state index >= 15 is 0 Å². The maximum Gasteiger partial charge on any atom is 0 e. The van der Waals surface area contributed by atoms with Crippen molar-refractivity contribution in [2.75, 3.05) is 0 Å². The van der Waals surface area contributed by atoms with Crippen LogP contribution in [0.25, 0.3) is 0 Å². The molecule has 0 unspecified atom stereocenters. The Morgan fingerprint density at radius 2 is 1.00 bits per heavy atom. The zero-order valence-corrected chi connectivity index (χ0v) is 15.3. The Kier molecular flexibility index (Phi) is 500. The summed E-state index contributed by atoms with van der Waals surface area (Å²) in [5.41, 5.74) is 0. The monoisotopic (exact) mass is 790 g/mol. The van der Waals surface area contributed by atoms with E-state index in [2.05, 4.69) is 0 Å². The molecule has 7 heteroatoms. The Balaban J connectivity index is 0. The minimum absolute atomic E-state index is 0. The summed E-state index contributed by atoms with van der Waals surface area (Å²) in [5, 5.41) is 0. The summed E-state index contributed by atoms with van der Waals surface area (Å²) in [6.45, 7) is 0. The van der Waals surface area contributed by atoms with Crippen LogP contribution in [0.15, 0.2) is 0 Å². The van der Waals surface area contributed by atoms with Gasteiger partial charge in [-0.05, 0) is 0 Å². The Morgan fingerprint density at radius 1 is 1.00 bits per heavy atom. The molecule has 0 saturated heterocycles. The van der Waals surface area contributed by atoms with Gasteiger partial charge in [0.15, 0.2) is 0 Å². The molecule has 0 amide bonds. The second kappa shape index (κ2) is 50.7. The maximum atomic E-state index is 0. The van der Waals surface area contributed by atoms with Crippen LogP contribution in [-0.2, 0) is 122 Å². The average molecular weight is 788 g/mol. The Labute approximate surface area is 128 Å². The van der Waals surface area contributed by atoms with E-state index < -0.39 is 0 Å². The molecule has 0 bridgehead atoms. The molecule has 0 aliphatic carbocycles. The molecule has 0 spiro atoms. The van der Waals surface area contributed by atoms with Crippen LogP contribution in [0.1, 0.15) is 0 Å². The second-order valence-electron chi connectivity index (χ2n) is 0. The van der Waals surface area contributed by atoms with Crippen molar-refractivity contribution in [3.63, 3.8) is 0 Å². The van der Waals surface area contributed by atoms with Crippen LogP contribution in [0.4, 0.5) is 0 Å². The van der Waals surface area contributed by atoms with Gasteiger partial charge in [-0.25, -0.2) is 0 Å². The molecule has 0 atom stereocenters. The van der Waals surface area contributed by atoms with Gasteiger partial charge in [-0.15, -0.1) is 0 Å². The average Bonchev–Trinajstić information content (AvgIpc) is 0. The molecular weight excluding hydrogens is 788 g/mol. The number of hydrogen-bond donors (Lipinski definition) is 0. The molecule has 5 radical (unpaired) electrons. The van der Waals surface area contributed by atoms with E-state index in [1.54, 1.807) is 0 Å². The van der Waals surface area contributed by atoms with Crippen LogP contribution in [0.5, 0.6) is 0 Å². The zero-order valence-electron chi connectivity index (χ0n) is 2.83. The summed E-state index contributed by atoms with van der Waals surface area (Å²) in [6.07, 6.45) is 0. The molecule has 0 aliphatic heterocycles. The first kappa shape index (κ1) is 68.9. The first-order chi connectivity index (χ1) is 0. The Bertz CT molecular complexity index is 19.7. The standard InChI is InChI=1S/B.Co.Cr.Hf.Pd.Pt.Re. The van der Waals surface area contributed by atoms with Gasteiger partial charge in [-0.1, -0.05) is 0 Å². The van der Waals surface area contributed by atoms with Crippen molar-refractivity contribution in [3.05, 3.63) is 0 Å². The van der Waals surface area contributed by atoms with E-state index in [4.69, 9.17) is 0 Å². The van der Waals surface area contributed by atoms with Gasteiger partial charge >= 0.3 is 0 Å². The zero-order chi connectivity index (χ0) is 0. The first-order valence-electron chi connectivity index (χ1n) is 0. The predicted molar refractivity (Wildman–Crippen MR) is 5.75 cm³/mol. The van der Waals surface area contributed by atoms with Crippen LogP contribution in [-0.4, -0.2) is 8.41 Å². The fraction of sp³-hybridized carbons (Fsp3) is 0. The molecule has 0 aromatic heterocycles. The van der Waals surface area contributed by atoms with E-state index in [1.165, 1.54) is 0 Å². The summed E-state index contributed by atoms with van der Waals surface area (Å²) in [5.74, 6) is 0. The largest absolute Gasteiger partial charge is 0 e. The summed E-state index contributed by atoms with van der Waals surface area (Å²) in [4.78, 5) is 0. The molecule has 0 aromatic carbocycles. The van der Waals surface area contributed by atoms with Crippen LogP contribution < -0.4 is 0 Å². The quantitative estimate of drug-likeness (QED) is 0.294. The molecule has 0 nitrogen and oxygen atoms in total. The number of hydrogen-bond acceptors (Lipinski definition) is 0. The summed E-state index contributed by atoms with van der Waals surface area (Å²) in [7, 11) is 0. The van der Waals surface area contributed by atoms with Gasteiger partial charge in [0.05, 0.1) is 0 Å². The normalized spacial score (nSPS) is 0. The van der Waals surface area contributed by atoms with Gasteiger partial charge < -0.3 is 0 Å². The van der Waals surface area contributed by atoms with Crippen molar-refractivity contribution < 1.29 is 122 Å². The van der Waals surface area contributed by atoms with Gasteiger partial charge in [0.2, 0.25) is 0 Å². The minimum atomic E-state index is 0. The first-order valence-corrected chi connectivity index (χ1v) is 0. The van der Waals surface area contributed by atoms with Gasteiger partial charge in [-0.2, -0.15) is 0 Å². The van der Waals surface area contributed by atoms with Gasteiger partial charge in [0.1, 0.15) is 0 Å². The fourth-order valence-electron chi connectivity index (χ4n) is 0. The molecule has 0 rings (SSSR count). The summed E-state index contributed by atoms with van der Waals surface area (Å²) in [6, 6.07) is 0. The topological polar surface area (TPSA) is 0 Å². The van der Waals surface area contributed by atoms with E-state index in [9.17, 15) is 0 Å². The van der Waals surface area contributed by atoms with Crippen molar-refractivity contribution in [1.29, 1.82) is 0 Å². The maximum absolute atomic E-state index is 0. The third-order valence-electron chi connectivity index (χ3n) is 0. The van der Waals surface area contributed by atoms with E-state index in [1.807, 2.05) is 0 Å². The van der Waals surface area contributed by atoms with Crippen molar-refractivity contribution in [2.45, 2.75) is 0 Å². The fourth-order valence-corrected chi connectivity index (χ4v) is 0. The molecule has 0 aromatic rings. The van der Waals surface area contributed by atoms with Gasteiger partial charge in [0, 0.05) is 130 Å². The predicted octanol–water partition coefficient (Wildman–Crippen LogP) is -0.396. The molecule has 0 heterocycles. The minimum Gasteiger partial charge on any atom is 0 e. The Morgan fingerprint density at radius 3 is 1.00 bits per heavy atom. The second-order valence-corrected chi connectivity index (χ2v) is 0. The van der Waals surface area contributed by atoms with Crippen LogP contribution in [0.2, 0.25) is 0 Å². The van der Waals surface area contributed by atoms with Crippen molar-refractivity contribution in [3.8, 4) is 0 Å². The van der Waals surface area contributed by atoms with E-state index in [-0.39, 0.29) is 130 Å². The SMILES string of the molecule is [B].[Co].[Cr].[Hf].[Pd].[Pt].[Re]. The van der Waals surface area contributed by atoms with Crippen molar-refractivity contribution in [2.24, 2.45) is 0 Å². The van der Waals surface area contributed by atoms with E-state index in [0.717, 1.165) is 0 Å². The van der Waals surface area contributed by atoms with Gasteiger partial charge in [0.25, 0.3) is 0 Å². The smallest absolute Gasteiger partial charge is 0 e. The number of rotatable bonds is 0. The van der Waals surface area contributed by atoms with Crippen molar-refractivity contribution in [1.82, 2.24) is 0 Å². The van der Waals surface area contributed by atoms with Crippen LogP contribution in [0, 0.1) is 0 Å². The molecule has 0 N–H and O–H groups in total. The summed E-state index contributed by atoms with van der Waals surface area (Å²) < 4.78 is 0.